The van der Waals surface area contributed by atoms with Gasteiger partial charge < -0.3 is 4.90 Å². The minimum Gasteiger partial charge on any atom is -0.306 e. The van der Waals surface area contributed by atoms with E-state index in [1.807, 2.05) is 41.3 Å². The SMILES string of the molecule is C[C@@H](c1ccc2ncccc2c1)c1cnc2ccc(-c3cnn(C4CCN(C)CC4)c3)nn12. The van der Waals surface area contributed by atoms with Crippen molar-refractivity contribution in [2.75, 3.05) is 20.1 Å². The summed E-state index contributed by atoms with van der Waals surface area (Å²) in [6.45, 7) is 4.43. The van der Waals surface area contributed by atoms with Crippen LogP contribution in [0.4, 0.5) is 0 Å². The Kier molecular flexibility index (Phi) is 4.91. The lowest BCUT2D eigenvalue weighted by atomic mass is 9.97. The molecule has 7 nitrogen and oxygen atoms in total. The Morgan fingerprint density at radius 2 is 1.88 bits per heavy atom. The van der Waals surface area contributed by atoms with Crippen LogP contribution in [0.25, 0.3) is 27.8 Å². The van der Waals surface area contributed by atoms with E-state index in [1.165, 1.54) is 5.56 Å². The summed E-state index contributed by atoms with van der Waals surface area (Å²) in [6, 6.07) is 15.1. The number of imidazole rings is 1. The predicted octanol–water partition coefficient (Wildman–Crippen LogP) is 4.56. The van der Waals surface area contributed by atoms with E-state index in [0.717, 1.165) is 59.4 Å². The third kappa shape index (κ3) is 3.68. The van der Waals surface area contributed by atoms with Crippen LogP contribution >= 0.6 is 0 Å². The van der Waals surface area contributed by atoms with Crippen molar-refractivity contribution in [3.05, 3.63) is 78.5 Å². The molecule has 0 unspecified atom stereocenters. The second-order valence-corrected chi connectivity index (χ2v) is 9.09. The third-order valence-corrected chi connectivity index (χ3v) is 6.92. The summed E-state index contributed by atoms with van der Waals surface area (Å²) in [7, 11) is 2.18. The quantitative estimate of drug-likeness (QED) is 0.412. The Labute approximate surface area is 192 Å². The van der Waals surface area contributed by atoms with Gasteiger partial charge in [-0.3, -0.25) is 9.67 Å². The van der Waals surface area contributed by atoms with Crippen LogP contribution in [0.15, 0.2) is 67.3 Å². The first-order chi connectivity index (χ1) is 16.2. The number of hydrogen-bond donors (Lipinski definition) is 0. The van der Waals surface area contributed by atoms with Crippen molar-refractivity contribution >= 4 is 16.6 Å². The molecule has 0 saturated carbocycles. The summed E-state index contributed by atoms with van der Waals surface area (Å²) in [5.74, 6) is 0.148. The molecule has 7 heteroatoms. The van der Waals surface area contributed by atoms with Gasteiger partial charge in [0, 0.05) is 29.3 Å². The summed E-state index contributed by atoms with van der Waals surface area (Å²) in [5.41, 5.74) is 6.10. The van der Waals surface area contributed by atoms with Crippen LogP contribution in [0.5, 0.6) is 0 Å². The van der Waals surface area contributed by atoms with Crippen molar-refractivity contribution < 1.29 is 0 Å². The number of nitrogens with zero attached hydrogens (tertiary/aromatic N) is 7. The molecule has 1 aliphatic rings. The fourth-order valence-electron chi connectivity index (χ4n) is 4.80. The first-order valence-corrected chi connectivity index (χ1v) is 11.6. The highest BCUT2D eigenvalue weighted by Crippen LogP contribution is 2.28. The number of hydrogen-bond acceptors (Lipinski definition) is 5. The van der Waals surface area contributed by atoms with Gasteiger partial charge in [0.25, 0.3) is 0 Å². The Hall–Kier alpha value is -3.58. The zero-order valence-corrected chi connectivity index (χ0v) is 19.0. The fraction of sp³-hybridized carbons (Fsp3) is 0.308. The van der Waals surface area contributed by atoms with Gasteiger partial charge in [0.05, 0.1) is 35.3 Å². The minimum absolute atomic E-state index is 0.148. The van der Waals surface area contributed by atoms with E-state index < -0.39 is 0 Å². The zero-order chi connectivity index (χ0) is 22.4. The number of fused-ring (bicyclic) bond motifs is 2. The number of aromatic nitrogens is 6. The van der Waals surface area contributed by atoms with Crippen molar-refractivity contribution in [3.8, 4) is 11.3 Å². The molecule has 1 fully saturated rings. The van der Waals surface area contributed by atoms with E-state index in [9.17, 15) is 0 Å². The van der Waals surface area contributed by atoms with E-state index in [2.05, 4.69) is 69.1 Å². The van der Waals surface area contributed by atoms with Gasteiger partial charge in [0.1, 0.15) is 0 Å². The molecule has 0 amide bonds. The Balaban J connectivity index is 1.32. The smallest absolute Gasteiger partial charge is 0.153 e. The number of piperidine rings is 1. The Bertz CT molecular complexity index is 1430. The maximum absolute atomic E-state index is 4.97. The minimum atomic E-state index is 0.148. The summed E-state index contributed by atoms with van der Waals surface area (Å²) in [4.78, 5) is 11.4. The molecule has 1 aliphatic heterocycles. The molecule has 0 radical (unpaired) electrons. The lowest BCUT2D eigenvalue weighted by molar-refractivity contribution is 0.212. The normalized spacial score (nSPS) is 16.5. The first kappa shape index (κ1) is 20.1. The average Bonchev–Trinajstić information content (AvgIpc) is 3.51. The van der Waals surface area contributed by atoms with Crippen LogP contribution in [0.2, 0.25) is 0 Å². The fourth-order valence-corrected chi connectivity index (χ4v) is 4.80. The van der Waals surface area contributed by atoms with Crippen molar-refractivity contribution in [3.63, 3.8) is 0 Å². The summed E-state index contributed by atoms with van der Waals surface area (Å²) < 4.78 is 4.09. The van der Waals surface area contributed by atoms with E-state index in [4.69, 9.17) is 5.10 Å². The third-order valence-electron chi connectivity index (χ3n) is 6.92. The van der Waals surface area contributed by atoms with Gasteiger partial charge in [-0.15, -0.1) is 0 Å². The van der Waals surface area contributed by atoms with Gasteiger partial charge in [0.15, 0.2) is 5.65 Å². The zero-order valence-electron chi connectivity index (χ0n) is 19.0. The summed E-state index contributed by atoms with van der Waals surface area (Å²) in [5, 5.41) is 10.8. The van der Waals surface area contributed by atoms with Gasteiger partial charge in [-0.2, -0.15) is 10.2 Å². The molecule has 166 valence electrons. The van der Waals surface area contributed by atoms with E-state index in [-0.39, 0.29) is 5.92 Å². The van der Waals surface area contributed by atoms with Gasteiger partial charge in [-0.1, -0.05) is 19.1 Å². The molecule has 1 atom stereocenters. The number of rotatable bonds is 4. The molecule has 5 aromatic rings. The van der Waals surface area contributed by atoms with E-state index in [1.54, 1.807) is 0 Å². The van der Waals surface area contributed by atoms with E-state index >= 15 is 0 Å². The van der Waals surface area contributed by atoms with Crippen molar-refractivity contribution in [2.24, 2.45) is 0 Å². The lowest BCUT2D eigenvalue weighted by Crippen LogP contribution is -2.31. The first-order valence-electron chi connectivity index (χ1n) is 11.6. The van der Waals surface area contributed by atoms with Crippen LogP contribution in [-0.2, 0) is 0 Å². The summed E-state index contributed by atoms with van der Waals surface area (Å²) in [6.07, 6.45) is 10.1. The molecule has 0 N–H and O–H groups in total. The van der Waals surface area contributed by atoms with Gasteiger partial charge in [-0.25, -0.2) is 9.50 Å². The van der Waals surface area contributed by atoms with E-state index in [0.29, 0.717) is 6.04 Å². The van der Waals surface area contributed by atoms with Crippen molar-refractivity contribution in [1.29, 1.82) is 0 Å². The molecule has 0 aliphatic carbocycles. The molecule has 5 heterocycles. The molecule has 1 saturated heterocycles. The topological polar surface area (TPSA) is 64.1 Å². The lowest BCUT2D eigenvalue weighted by Gasteiger charge is -2.28. The molecule has 6 rings (SSSR count). The highest BCUT2D eigenvalue weighted by atomic mass is 15.3. The maximum Gasteiger partial charge on any atom is 0.153 e. The predicted molar refractivity (Wildman–Crippen MR) is 129 cm³/mol. The molecule has 4 aromatic heterocycles. The van der Waals surface area contributed by atoms with Crippen molar-refractivity contribution in [2.45, 2.75) is 31.7 Å². The highest BCUT2D eigenvalue weighted by molar-refractivity contribution is 5.79. The number of benzene rings is 1. The molecule has 0 spiro atoms. The van der Waals surface area contributed by atoms with Crippen LogP contribution in [0.3, 0.4) is 0 Å². The van der Waals surface area contributed by atoms with Crippen LogP contribution < -0.4 is 0 Å². The van der Waals surface area contributed by atoms with Gasteiger partial charge in [-0.05, 0) is 68.9 Å². The molecule has 1 aromatic carbocycles. The second kappa shape index (κ2) is 8.08. The van der Waals surface area contributed by atoms with Crippen LogP contribution in [0, 0.1) is 0 Å². The largest absolute Gasteiger partial charge is 0.306 e. The molecule has 33 heavy (non-hydrogen) atoms. The van der Waals surface area contributed by atoms with Gasteiger partial charge >= 0.3 is 0 Å². The Morgan fingerprint density at radius 1 is 1.00 bits per heavy atom. The Morgan fingerprint density at radius 3 is 2.76 bits per heavy atom. The maximum atomic E-state index is 4.97. The van der Waals surface area contributed by atoms with Crippen LogP contribution in [-0.4, -0.2) is 54.4 Å². The second-order valence-electron chi connectivity index (χ2n) is 9.09. The molecular weight excluding hydrogens is 410 g/mol. The van der Waals surface area contributed by atoms with Crippen LogP contribution in [0.1, 0.15) is 43.0 Å². The number of pyridine rings is 1. The molecule has 0 bridgehead atoms. The monoisotopic (exact) mass is 437 g/mol. The number of likely N-dealkylation sites (tertiary alicyclic amines) is 1. The highest BCUT2D eigenvalue weighted by Gasteiger charge is 2.20. The summed E-state index contributed by atoms with van der Waals surface area (Å²) >= 11 is 0. The average molecular weight is 438 g/mol. The molecular formula is C26H27N7. The van der Waals surface area contributed by atoms with Crippen molar-refractivity contribution in [1.82, 2.24) is 34.3 Å². The standard InChI is InChI=1S/C26H27N7/c1-18(19-5-6-23-20(14-19)4-3-11-27-23)25-16-28-26-8-7-24(30-33(25)26)21-15-29-32(17-21)22-9-12-31(2)13-10-22/h3-8,11,14-18,22H,9-10,12-13H2,1-2H3/t18-/m0/s1. The van der Waals surface area contributed by atoms with Gasteiger partial charge in [0.2, 0.25) is 0 Å².